The summed E-state index contributed by atoms with van der Waals surface area (Å²) in [6.07, 6.45) is 0.848. The molecule has 0 bridgehead atoms. The normalized spacial score (nSPS) is 12.4. The molecule has 142 valence electrons. The summed E-state index contributed by atoms with van der Waals surface area (Å²) in [6.45, 7) is -1.25. The predicted octanol–water partition coefficient (Wildman–Crippen LogP) is -0.0607. The molecule has 0 saturated heterocycles. The second-order valence-corrected chi connectivity index (χ2v) is 5.63. The number of carbonyl (C=O) groups is 1. The molecule has 1 aromatic carbocycles. The summed E-state index contributed by atoms with van der Waals surface area (Å²) in [6, 6.07) is 8.66. The van der Waals surface area contributed by atoms with Gasteiger partial charge < -0.3 is 25.4 Å². The molecule has 10 heteroatoms. The van der Waals surface area contributed by atoms with E-state index in [2.05, 4.69) is 20.3 Å². The molecule has 4 N–H and O–H groups in total. The van der Waals surface area contributed by atoms with Crippen LogP contribution in [-0.4, -0.2) is 66.7 Å². The van der Waals surface area contributed by atoms with Gasteiger partial charge in [0.25, 0.3) is 5.91 Å². The Kier molecular flexibility index (Phi) is 6.04. The molecule has 1 unspecified atom stereocenters. The van der Waals surface area contributed by atoms with Crippen molar-refractivity contribution in [3.8, 4) is 0 Å². The predicted molar refractivity (Wildman–Crippen MR) is 94.9 cm³/mol. The van der Waals surface area contributed by atoms with Gasteiger partial charge in [-0.3, -0.25) is 9.36 Å². The summed E-state index contributed by atoms with van der Waals surface area (Å²) >= 11 is 0. The maximum absolute atomic E-state index is 12.4. The van der Waals surface area contributed by atoms with Gasteiger partial charge in [-0.2, -0.15) is 0 Å². The standard InChI is InChI=1S/C17H19N5O5/c23-6-12(7-24)27-13(8-25)22-10-20-14-15(18-9-19-16(14)22)21-17(26)11-4-2-1-3-5-11/h1-5,9-10,12-13,23-25H,6-8H2,(H,18,19,21,26). The van der Waals surface area contributed by atoms with Crippen LogP contribution < -0.4 is 5.32 Å². The molecule has 0 aliphatic rings. The summed E-state index contributed by atoms with van der Waals surface area (Å²) in [5.74, 6) is -0.133. The number of aliphatic hydroxyl groups is 3. The third-order valence-electron chi connectivity index (χ3n) is 3.85. The molecule has 1 amide bonds. The maximum Gasteiger partial charge on any atom is 0.256 e. The third-order valence-corrected chi connectivity index (χ3v) is 3.85. The number of anilines is 1. The molecule has 3 aromatic rings. The first-order chi connectivity index (χ1) is 13.2. The molecular formula is C17H19N5O5. The number of ether oxygens (including phenoxy) is 1. The van der Waals surface area contributed by atoms with E-state index in [4.69, 9.17) is 14.9 Å². The van der Waals surface area contributed by atoms with Crippen molar-refractivity contribution >= 4 is 22.9 Å². The van der Waals surface area contributed by atoms with Gasteiger partial charge in [0, 0.05) is 5.56 Å². The van der Waals surface area contributed by atoms with Crippen LogP contribution in [0.4, 0.5) is 5.82 Å². The number of carbonyl (C=O) groups excluding carboxylic acids is 1. The van der Waals surface area contributed by atoms with Gasteiger partial charge in [0.05, 0.1) is 26.1 Å². The number of aromatic nitrogens is 4. The molecule has 2 heterocycles. The van der Waals surface area contributed by atoms with E-state index in [1.165, 1.54) is 17.2 Å². The summed E-state index contributed by atoms with van der Waals surface area (Å²) < 4.78 is 6.90. The zero-order valence-electron chi connectivity index (χ0n) is 14.3. The van der Waals surface area contributed by atoms with Gasteiger partial charge in [0.2, 0.25) is 0 Å². The highest BCUT2D eigenvalue weighted by Gasteiger charge is 2.21. The van der Waals surface area contributed by atoms with E-state index < -0.39 is 32.2 Å². The van der Waals surface area contributed by atoms with Crippen molar-refractivity contribution in [2.24, 2.45) is 0 Å². The Morgan fingerprint density at radius 1 is 1.07 bits per heavy atom. The van der Waals surface area contributed by atoms with Crippen molar-refractivity contribution in [3.63, 3.8) is 0 Å². The van der Waals surface area contributed by atoms with E-state index in [9.17, 15) is 9.90 Å². The Bertz CT molecular complexity index is 897. The minimum atomic E-state index is -0.924. The number of nitrogens with one attached hydrogen (secondary N) is 1. The number of aliphatic hydroxyl groups excluding tert-OH is 3. The van der Waals surface area contributed by atoms with Gasteiger partial charge in [-0.25, -0.2) is 15.0 Å². The first kappa shape index (κ1) is 18.9. The lowest BCUT2D eigenvalue weighted by Gasteiger charge is -2.22. The largest absolute Gasteiger partial charge is 0.394 e. The zero-order valence-corrected chi connectivity index (χ0v) is 14.3. The molecule has 0 saturated carbocycles. The molecule has 0 radical (unpaired) electrons. The summed E-state index contributed by atoms with van der Waals surface area (Å²) in [5, 5.41) is 30.6. The summed E-state index contributed by atoms with van der Waals surface area (Å²) in [4.78, 5) is 24.7. The van der Waals surface area contributed by atoms with Crippen LogP contribution in [0, 0.1) is 0 Å². The molecule has 0 fully saturated rings. The van der Waals surface area contributed by atoms with Crippen LogP contribution in [-0.2, 0) is 4.74 Å². The van der Waals surface area contributed by atoms with E-state index in [1.54, 1.807) is 24.3 Å². The number of rotatable bonds is 8. The molecule has 0 aliphatic heterocycles. The first-order valence-electron chi connectivity index (χ1n) is 8.20. The number of hydrogen-bond acceptors (Lipinski definition) is 8. The van der Waals surface area contributed by atoms with Crippen molar-refractivity contribution in [1.82, 2.24) is 19.5 Å². The Labute approximate surface area is 154 Å². The lowest BCUT2D eigenvalue weighted by Crippen LogP contribution is -2.28. The minimum Gasteiger partial charge on any atom is -0.394 e. The van der Waals surface area contributed by atoms with Gasteiger partial charge in [0.15, 0.2) is 23.2 Å². The van der Waals surface area contributed by atoms with E-state index in [0.29, 0.717) is 16.7 Å². The molecule has 0 aliphatic carbocycles. The van der Waals surface area contributed by atoms with E-state index in [0.717, 1.165) is 0 Å². The topological polar surface area (TPSA) is 143 Å². The lowest BCUT2D eigenvalue weighted by molar-refractivity contribution is -0.110. The van der Waals surface area contributed by atoms with Gasteiger partial charge >= 0.3 is 0 Å². The Hall–Kier alpha value is -2.92. The Morgan fingerprint density at radius 3 is 2.48 bits per heavy atom. The van der Waals surface area contributed by atoms with Crippen LogP contribution in [0.15, 0.2) is 43.0 Å². The van der Waals surface area contributed by atoms with Gasteiger partial charge in [-0.05, 0) is 12.1 Å². The second-order valence-electron chi connectivity index (χ2n) is 5.63. The monoisotopic (exact) mass is 373 g/mol. The number of nitrogens with zero attached hydrogens (tertiary/aromatic N) is 4. The van der Waals surface area contributed by atoms with Crippen LogP contribution in [0.25, 0.3) is 11.2 Å². The Balaban J connectivity index is 1.89. The highest BCUT2D eigenvalue weighted by molar-refractivity contribution is 6.06. The van der Waals surface area contributed by atoms with Crippen molar-refractivity contribution in [3.05, 3.63) is 48.5 Å². The summed E-state index contributed by atoms with van der Waals surface area (Å²) in [5.41, 5.74) is 1.10. The average Bonchev–Trinajstić information content (AvgIpc) is 3.15. The molecule has 2 aromatic heterocycles. The number of hydrogen-bond donors (Lipinski definition) is 4. The van der Waals surface area contributed by atoms with Crippen LogP contribution in [0.5, 0.6) is 0 Å². The van der Waals surface area contributed by atoms with Crippen LogP contribution in [0.3, 0.4) is 0 Å². The lowest BCUT2D eigenvalue weighted by atomic mass is 10.2. The fraction of sp³-hybridized carbons (Fsp3) is 0.294. The van der Waals surface area contributed by atoms with E-state index in [1.807, 2.05) is 6.07 Å². The number of fused-ring (bicyclic) bond motifs is 1. The first-order valence-corrected chi connectivity index (χ1v) is 8.20. The zero-order chi connectivity index (χ0) is 19.2. The molecule has 0 spiro atoms. The second kappa shape index (κ2) is 8.64. The van der Waals surface area contributed by atoms with Crippen molar-refractivity contribution in [1.29, 1.82) is 0 Å². The molecule has 10 nitrogen and oxygen atoms in total. The van der Waals surface area contributed by atoms with Crippen LogP contribution in [0.1, 0.15) is 16.6 Å². The van der Waals surface area contributed by atoms with Gasteiger partial charge in [0.1, 0.15) is 12.4 Å². The number of benzene rings is 1. The van der Waals surface area contributed by atoms with Crippen molar-refractivity contribution < 1.29 is 24.9 Å². The molecule has 27 heavy (non-hydrogen) atoms. The van der Waals surface area contributed by atoms with Crippen LogP contribution >= 0.6 is 0 Å². The van der Waals surface area contributed by atoms with Crippen molar-refractivity contribution in [2.75, 3.05) is 25.1 Å². The van der Waals surface area contributed by atoms with Crippen molar-refractivity contribution in [2.45, 2.75) is 12.3 Å². The SMILES string of the molecule is O=C(Nc1ncnc2c1ncn2C(CO)OC(CO)CO)c1ccccc1. The Morgan fingerprint density at radius 2 is 1.81 bits per heavy atom. The van der Waals surface area contributed by atoms with Crippen LogP contribution in [0.2, 0.25) is 0 Å². The smallest absolute Gasteiger partial charge is 0.256 e. The maximum atomic E-state index is 12.4. The minimum absolute atomic E-state index is 0.213. The van der Waals surface area contributed by atoms with Gasteiger partial charge in [-0.1, -0.05) is 18.2 Å². The molecular weight excluding hydrogens is 354 g/mol. The fourth-order valence-electron chi connectivity index (χ4n) is 2.49. The molecule has 3 rings (SSSR count). The number of amides is 1. The third kappa shape index (κ3) is 4.09. The molecule has 1 atom stereocenters. The van der Waals surface area contributed by atoms with E-state index >= 15 is 0 Å². The highest BCUT2D eigenvalue weighted by Crippen LogP contribution is 2.22. The van der Waals surface area contributed by atoms with Gasteiger partial charge in [-0.15, -0.1) is 0 Å². The van der Waals surface area contributed by atoms with E-state index in [-0.39, 0.29) is 11.7 Å². The number of imidazole rings is 1. The highest BCUT2D eigenvalue weighted by atomic mass is 16.5. The fourth-order valence-corrected chi connectivity index (χ4v) is 2.49. The average molecular weight is 373 g/mol. The quantitative estimate of drug-likeness (QED) is 0.430. The summed E-state index contributed by atoms with van der Waals surface area (Å²) in [7, 11) is 0.